The predicted octanol–water partition coefficient (Wildman–Crippen LogP) is 3.22. The lowest BCUT2D eigenvalue weighted by Gasteiger charge is -2.17. The molecule has 39 heavy (non-hydrogen) atoms. The molecule has 0 radical (unpaired) electrons. The van der Waals surface area contributed by atoms with Gasteiger partial charge >= 0.3 is 0 Å². The summed E-state index contributed by atoms with van der Waals surface area (Å²) in [6.45, 7) is 0.830. The summed E-state index contributed by atoms with van der Waals surface area (Å²) < 4.78 is 39.4. The van der Waals surface area contributed by atoms with Crippen molar-refractivity contribution in [3.8, 4) is 17.1 Å². The summed E-state index contributed by atoms with van der Waals surface area (Å²) in [6.07, 6.45) is 3.12. The summed E-state index contributed by atoms with van der Waals surface area (Å²) in [5, 5.41) is 17.9. The van der Waals surface area contributed by atoms with Crippen LogP contribution in [0.1, 0.15) is 23.6 Å². The maximum atomic E-state index is 15.4. The number of imidazole rings is 1. The molecular formula is C26H26ClFN6O5. The van der Waals surface area contributed by atoms with Gasteiger partial charge in [-0.15, -0.1) is 0 Å². The van der Waals surface area contributed by atoms with E-state index in [0.29, 0.717) is 47.1 Å². The molecule has 3 aromatic heterocycles. The summed E-state index contributed by atoms with van der Waals surface area (Å²) in [4.78, 5) is 12.1. The molecule has 7 rings (SSSR count). The third-order valence-electron chi connectivity index (χ3n) is 7.45. The van der Waals surface area contributed by atoms with Crippen molar-refractivity contribution < 1.29 is 28.4 Å². The molecule has 0 bridgehead atoms. The number of fused-ring (bicyclic) bond motifs is 3. The Morgan fingerprint density at radius 2 is 2.08 bits per heavy atom. The SMILES string of the molecule is COCn1cc(-c2cc(F)c3c(c2)CC[C@@H]3Nc2nc3nc(O[C@@H]4COC5[C@H](O)CO[C@@H]54)[nH]c3cc2Cl)cn1. The van der Waals surface area contributed by atoms with Gasteiger partial charge in [0.25, 0.3) is 6.01 Å². The van der Waals surface area contributed by atoms with Gasteiger partial charge in [0.15, 0.2) is 11.8 Å². The number of ether oxygens (including phenoxy) is 4. The summed E-state index contributed by atoms with van der Waals surface area (Å²) in [6, 6.07) is 5.22. The van der Waals surface area contributed by atoms with Crippen molar-refractivity contribution in [2.24, 2.45) is 0 Å². The first-order valence-corrected chi connectivity index (χ1v) is 13.1. The molecule has 1 unspecified atom stereocenters. The standard InChI is InChI=1S/C26H26ClFN6O5/c1-36-11-34-8-14(7-29-34)13-4-12-2-3-17(21(12)16(28)5-13)30-24-15(27)6-18-25(32-24)33-26(31-18)39-20-10-38-22-19(35)9-37-23(20)22/h4-8,17,19-20,22-23,35H,2-3,9-11H2,1H3,(H2,30,31,32,33)/t17-,19+,20+,22?,23+/m0/s1. The Morgan fingerprint density at radius 3 is 2.95 bits per heavy atom. The van der Waals surface area contributed by atoms with Crippen molar-refractivity contribution in [1.82, 2.24) is 24.7 Å². The number of hydrogen-bond acceptors (Lipinski definition) is 9. The summed E-state index contributed by atoms with van der Waals surface area (Å²) in [5.41, 5.74) is 4.15. The number of aliphatic hydroxyl groups is 1. The molecule has 11 nitrogen and oxygen atoms in total. The van der Waals surface area contributed by atoms with Crippen LogP contribution >= 0.6 is 11.6 Å². The number of H-pyrrole nitrogens is 1. The van der Waals surface area contributed by atoms with E-state index in [1.54, 1.807) is 24.1 Å². The molecule has 2 saturated heterocycles. The lowest BCUT2D eigenvalue weighted by Crippen LogP contribution is -2.34. The second kappa shape index (κ2) is 9.72. The van der Waals surface area contributed by atoms with Gasteiger partial charge in [-0.25, -0.2) is 14.1 Å². The van der Waals surface area contributed by atoms with Gasteiger partial charge in [-0.05, 0) is 36.1 Å². The predicted molar refractivity (Wildman–Crippen MR) is 138 cm³/mol. The number of nitrogens with one attached hydrogen (secondary N) is 2. The van der Waals surface area contributed by atoms with Gasteiger partial charge < -0.3 is 34.4 Å². The molecule has 0 amide bonds. The van der Waals surface area contributed by atoms with Gasteiger partial charge in [-0.2, -0.15) is 10.1 Å². The monoisotopic (exact) mass is 556 g/mol. The fourth-order valence-corrected chi connectivity index (χ4v) is 5.85. The molecule has 2 fully saturated rings. The first-order chi connectivity index (χ1) is 19.0. The molecule has 3 N–H and O–H groups in total. The van der Waals surface area contributed by atoms with Gasteiger partial charge in [0.2, 0.25) is 0 Å². The van der Waals surface area contributed by atoms with E-state index in [9.17, 15) is 5.11 Å². The second-order valence-electron chi connectivity index (χ2n) is 10.0. The molecule has 0 spiro atoms. The van der Waals surface area contributed by atoms with Crippen LogP contribution in [0.25, 0.3) is 22.3 Å². The minimum atomic E-state index is -0.662. The summed E-state index contributed by atoms with van der Waals surface area (Å²) >= 11 is 6.56. The Kier molecular flexibility index (Phi) is 6.16. The molecule has 204 valence electrons. The van der Waals surface area contributed by atoms with Crippen LogP contribution in [0.5, 0.6) is 6.01 Å². The summed E-state index contributed by atoms with van der Waals surface area (Å²) in [7, 11) is 1.60. The van der Waals surface area contributed by atoms with Crippen LogP contribution in [0.15, 0.2) is 30.6 Å². The van der Waals surface area contributed by atoms with Crippen molar-refractivity contribution in [3.05, 3.63) is 52.6 Å². The van der Waals surface area contributed by atoms with Gasteiger partial charge in [0.05, 0.1) is 36.0 Å². The highest BCUT2D eigenvalue weighted by atomic mass is 35.5. The third kappa shape index (κ3) is 4.42. The van der Waals surface area contributed by atoms with Crippen LogP contribution in [0.2, 0.25) is 5.02 Å². The second-order valence-corrected chi connectivity index (χ2v) is 10.4. The molecule has 1 aromatic carbocycles. The Bertz CT molecular complexity index is 1540. The van der Waals surface area contributed by atoms with Crippen LogP contribution in [-0.4, -0.2) is 74.6 Å². The molecule has 4 aromatic rings. The van der Waals surface area contributed by atoms with Crippen LogP contribution in [0.3, 0.4) is 0 Å². The molecule has 0 saturated carbocycles. The largest absolute Gasteiger partial charge is 0.456 e. The number of rotatable bonds is 7. The molecule has 13 heteroatoms. The highest BCUT2D eigenvalue weighted by Crippen LogP contribution is 2.39. The number of benzene rings is 1. The van der Waals surface area contributed by atoms with Crippen LogP contribution < -0.4 is 10.1 Å². The van der Waals surface area contributed by atoms with Crippen LogP contribution in [0, 0.1) is 5.82 Å². The van der Waals surface area contributed by atoms with E-state index in [1.807, 2.05) is 12.3 Å². The number of halogens is 2. The minimum Gasteiger partial charge on any atom is -0.456 e. The van der Waals surface area contributed by atoms with Gasteiger partial charge in [-0.1, -0.05) is 17.7 Å². The first-order valence-electron chi connectivity index (χ1n) is 12.7. The fraction of sp³-hybridized carbons (Fsp3) is 0.423. The van der Waals surface area contributed by atoms with E-state index in [0.717, 1.165) is 16.7 Å². The van der Waals surface area contributed by atoms with Gasteiger partial charge in [-0.3, -0.25) is 0 Å². The number of pyridine rings is 1. The van der Waals surface area contributed by atoms with E-state index < -0.39 is 18.3 Å². The van der Waals surface area contributed by atoms with E-state index in [-0.39, 0.29) is 37.2 Å². The lowest BCUT2D eigenvalue weighted by molar-refractivity contribution is 0.00706. The number of nitrogens with zero attached hydrogens (tertiary/aromatic N) is 4. The zero-order valence-corrected chi connectivity index (χ0v) is 21.7. The number of aryl methyl sites for hydroxylation is 1. The van der Waals surface area contributed by atoms with Crippen molar-refractivity contribution in [1.29, 1.82) is 0 Å². The molecule has 5 atom stereocenters. The van der Waals surface area contributed by atoms with E-state index in [2.05, 4.69) is 25.4 Å². The number of aromatic amines is 1. The first kappa shape index (κ1) is 24.7. The third-order valence-corrected chi connectivity index (χ3v) is 7.74. The Hall–Kier alpha value is -3.29. The quantitative estimate of drug-likeness (QED) is 0.314. The number of hydrogen-bond donors (Lipinski definition) is 3. The van der Waals surface area contributed by atoms with Crippen molar-refractivity contribution >= 4 is 28.6 Å². The van der Waals surface area contributed by atoms with E-state index in [1.165, 1.54) is 6.07 Å². The lowest BCUT2D eigenvalue weighted by atomic mass is 10.0. The maximum Gasteiger partial charge on any atom is 0.296 e. The van der Waals surface area contributed by atoms with Crippen LogP contribution in [-0.2, 0) is 27.4 Å². The van der Waals surface area contributed by atoms with Gasteiger partial charge in [0.1, 0.15) is 36.7 Å². The highest BCUT2D eigenvalue weighted by molar-refractivity contribution is 6.33. The Morgan fingerprint density at radius 1 is 1.21 bits per heavy atom. The number of anilines is 1. The molecule has 1 aliphatic carbocycles. The molecule has 3 aliphatic rings. The topological polar surface area (TPSA) is 129 Å². The zero-order valence-electron chi connectivity index (χ0n) is 20.9. The average Bonchev–Trinajstić information content (AvgIpc) is 3.72. The van der Waals surface area contributed by atoms with Crippen LogP contribution in [0.4, 0.5) is 10.2 Å². The molecular weight excluding hydrogens is 531 g/mol. The number of methoxy groups -OCH3 is 1. The van der Waals surface area contributed by atoms with Gasteiger partial charge in [0, 0.05) is 24.4 Å². The molecule has 2 aliphatic heterocycles. The van der Waals surface area contributed by atoms with Crippen molar-refractivity contribution in [2.75, 3.05) is 25.6 Å². The smallest absolute Gasteiger partial charge is 0.296 e. The van der Waals surface area contributed by atoms with E-state index in [4.69, 9.17) is 30.5 Å². The maximum absolute atomic E-state index is 15.4. The minimum absolute atomic E-state index is 0.215. The number of aromatic nitrogens is 5. The highest BCUT2D eigenvalue weighted by Gasteiger charge is 2.48. The fourth-order valence-electron chi connectivity index (χ4n) is 5.65. The zero-order chi connectivity index (χ0) is 26.7. The average molecular weight is 557 g/mol. The van der Waals surface area contributed by atoms with Crippen molar-refractivity contribution in [2.45, 2.75) is 50.0 Å². The van der Waals surface area contributed by atoms with E-state index >= 15 is 4.39 Å². The normalized spacial score (nSPS) is 25.8. The Balaban J connectivity index is 1.10. The Labute approximate surface area is 227 Å². The van der Waals surface area contributed by atoms with Crippen molar-refractivity contribution in [3.63, 3.8) is 0 Å². The summed E-state index contributed by atoms with van der Waals surface area (Å²) in [5.74, 6) is 0.122. The molecule has 5 heterocycles. The number of aliphatic hydroxyl groups excluding tert-OH is 1.